The summed E-state index contributed by atoms with van der Waals surface area (Å²) in [6.45, 7) is 4.09. The largest absolute Gasteiger partial charge is 0.350 e. The van der Waals surface area contributed by atoms with Crippen LogP contribution in [0.2, 0.25) is 0 Å². The van der Waals surface area contributed by atoms with Crippen molar-refractivity contribution in [2.45, 2.75) is 19.9 Å². The summed E-state index contributed by atoms with van der Waals surface area (Å²) >= 11 is 0. The molecule has 1 heterocycles. The maximum atomic E-state index is 10.6. The van der Waals surface area contributed by atoms with Crippen LogP contribution in [0.1, 0.15) is 13.8 Å². The molecule has 0 spiro atoms. The van der Waals surface area contributed by atoms with Gasteiger partial charge in [-0.2, -0.15) is 0 Å². The van der Waals surface area contributed by atoms with Gasteiger partial charge >= 0.3 is 0 Å². The van der Waals surface area contributed by atoms with E-state index in [1.165, 1.54) is 0 Å². The number of carbonyl (C=O) groups is 1. The summed E-state index contributed by atoms with van der Waals surface area (Å²) in [5, 5.41) is 2.80. The Kier molecular flexibility index (Phi) is 1.56. The van der Waals surface area contributed by atoms with Gasteiger partial charge in [0.25, 0.3) is 0 Å². The topological polar surface area (TPSA) is 29.1 Å². The Morgan fingerprint density at radius 1 is 1.56 bits per heavy atom. The normalized spacial score (nSPS) is 34.2. The summed E-state index contributed by atoms with van der Waals surface area (Å²) in [6, 6.07) is 0.294. The van der Waals surface area contributed by atoms with Crippen molar-refractivity contribution in [2.75, 3.05) is 0 Å². The van der Waals surface area contributed by atoms with Gasteiger partial charge in [0.05, 0.1) is 0 Å². The van der Waals surface area contributed by atoms with E-state index in [0.717, 1.165) is 0 Å². The van der Waals surface area contributed by atoms with Gasteiger partial charge in [0.2, 0.25) is 5.91 Å². The number of hydrogen-bond acceptors (Lipinski definition) is 1. The molecule has 1 rings (SSSR count). The Hall–Kier alpha value is -0.790. The molecule has 0 aliphatic carbocycles. The number of hydrogen-bond donors (Lipinski definition) is 1. The first-order valence-electron chi connectivity index (χ1n) is 3.19. The van der Waals surface area contributed by atoms with Gasteiger partial charge in [-0.25, -0.2) is 0 Å². The molecule has 2 heteroatoms. The molecular weight excluding hydrogens is 114 g/mol. The highest BCUT2D eigenvalue weighted by atomic mass is 16.1. The molecule has 1 amide bonds. The summed E-state index contributed by atoms with van der Waals surface area (Å²) in [6.07, 6.45) is 3.52. The van der Waals surface area contributed by atoms with Crippen LogP contribution in [0.3, 0.4) is 0 Å². The van der Waals surface area contributed by atoms with E-state index in [0.29, 0.717) is 12.0 Å². The lowest BCUT2D eigenvalue weighted by Crippen LogP contribution is -2.38. The number of rotatable bonds is 0. The van der Waals surface area contributed by atoms with Gasteiger partial charge in [0, 0.05) is 6.04 Å². The van der Waals surface area contributed by atoms with Crippen molar-refractivity contribution in [3.63, 3.8) is 0 Å². The van der Waals surface area contributed by atoms with Crippen molar-refractivity contribution in [2.24, 2.45) is 5.92 Å². The fourth-order valence-corrected chi connectivity index (χ4v) is 0.810. The fourth-order valence-electron chi connectivity index (χ4n) is 0.810. The fraction of sp³-hybridized carbons (Fsp3) is 0.571. The Balaban J connectivity index is 2.65. The van der Waals surface area contributed by atoms with Crippen molar-refractivity contribution in [3.8, 4) is 0 Å². The van der Waals surface area contributed by atoms with Crippen LogP contribution in [0.4, 0.5) is 0 Å². The van der Waals surface area contributed by atoms with E-state index in [4.69, 9.17) is 0 Å². The maximum absolute atomic E-state index is 10.6. The average Bonchev–Trinajstić information content (AvgIpc) is 1.80. The van der Waals surface area contributed by atoms with Crippen LogP contribution in [0, 0.1) is 5.92 Å². The first-order chi connectivity index (χ1) is 4.20. The van der Waals surface area contributed by atoms with Crippen molar-refractivity contribution in [1.29, 1.82) is 0 Å². The Bertz CT molecular complexity index is 151. The molecule has 0 saturated carbocycles. The predicted molar refractivity (Wildman–Crippen MR) is 35.9 cm³/mol. The van der Waals surface area contributed by atoms with Crippen LogP contribution < -0.4 is 5.32 Å². The van der Waals surface area contributed by atoms with Gasteiger partial charge < -0.3 is 5.32 Å². The smallest absolute Gasteiger partial charge is 0.243 e. The molecule has 2 nitrogen and oxygen atoms in total. The Morgan fingerprint density at radius 2 is 2.22 bits per heavy atom. The number of carbonyl (C=O) groups excluding carboxylic acids is 1. The molecule has 1 aliphatic rings. The van der Waals surface area contributed by atoms with Gasteiger partial charge in [0.15, 0.2) is 0 Å². The number of amides is 1. The third-order valence-corrected chi connectivity index (χ3v) is 1.71. The first-order valence-corrected chi connectivity index (χ1v) is 3.19. The summed E-state index contributed by atoms with van der Waals surface area (Å²) in [5.74, 6) is 0.503. The lowest BCUT2D eigenvalue weighted by Gasteiger charge is -2.20. The third-order valence-electron chi connectivity index (χ3n) is 1.71. The highest BCUT2D eigenvalue weighted by molar-refractivity contribution is 5.88. The van der Waals surface area contributed by atoms with E-state index < -0.39 is 0 Å². The predicted octanol–water partition coefficient (Wildman–Crippen LogP) is 0.697. The van der Waals surface area contributed by atoms with Crippen molar-refractivity contribution >= 4 is 5.91 Å². The molecule has 2 unspecified atom stereocenters. The highest BCUT2D eigenvalue weighted by Gasteiger charge is 2.14. The Labute approximate surface area is 54.9 Å². The lowest BCUT2D eigenvalue weighted by molar-refractivity contribution is -0.117. The average molecular weight is 125 g/mol. The Morgan fingerprint density at radius 3 is 2.67 bits per heavy atom. The monoisotopic (exact) mass is 125 g/mol. The van der Waals surface area contributed by atoms with Gasteiger partial charge in [-0.1, -0.05) is 13.0 Å². The quantitative estimate of drug-likeness (QED) is 0.507. The molecule has 0 bridgehead atoms. The van der Waals surface area contributed by atoms with E-state index in [2.05, 4.69) is 12.2 Å². The van der Waals surface area contributed by atoms with Crippen LogP contribution in [-0.4, -0.2) is 11.9 Å². The second-order valence-electron chi connectivity index (χ2n) is 2.52. The summed E-state index contributed by atoms with van der Waals surface area (Å²) < 4.78 is 0. The molecule has 0 aromatic rings. The summed E-state index contributed by atoms with van der Waals surface area (Å²) in [4.78, 5) is 10.6. The molecule has 2 atom stereocenters. The van der Waals surface area contributed by atoms with E-state index in [1.807, 2.05) is 13.0 Å². The minimum atomic E-state index is 0.0283. The van der Waals surface area contributed by atoms with E-state index in [1.54, 1.807) is 6.08 Å². The van der Waals surface area contributed by atoms with Crippen LogP contribution in [0.15, 0.2) is 12.2 Å². The molecule has 0 radical (unpaired) electrons. The second kappa shape index (κ2) is 2.21. The molecule has 0 aromatic heterocycles. The van der Waals surface area contributed by atoms with Crippen molar-refractivity contribution < 1.29 is 4.79 Å². The molecule has 0 aromatic carbocycles. The minimum absolute atomic E-state index is 0.0283. The zero-order chi connectivity index (χ0) is 6.85. The standard InChI is InChI=1S/C7H11NO/c1-5-3-4-7(9)8-6(5)2/h3-6H,1-2H3,(H,8,9). The SMILES string of the molecule is CC1C=CC(=O)NC1C. The highest BCUT2D eigenvalue weighted by Crippen LogP contribution is 2.07. The lowest BCUT2D eigenvalue weighted by atomic mass is 10.0. The second-order valence-corrected chi connectivity index (χ2v) is 2.52. The molecule has 0 fully saturated rings. The first kappa shape index (κ1) is 6.33. The molecule has 1 N–H and O–H groups in total. The number of nitrogens with one attached hydrogen (secondary N) is 1. The van der Waals surface area contributed by atoms with Crippen LogP contribution in [-0.2, 0) is 4.79 Å². The molecule has 50 valence electrons. The van der Waals surface area contributed by atoms with Crippen LogP contribution in [0.25, 0.3) is 0 Å². The van der Waals surface area contributed by atoms with E-state index >= 15 is 0 Å². The zero-order valence-electron chi connectivity index (χ0n) is 5.72. The third kappa shape index (κ3) is 1.31. The maximum Gasteiger partial charge on any atom is 0.243 e. The van der Waals surface area contributed by atoms with Crippen molar-refractivity contribution in [1.82, 2.24) is 5.32 Å². The molecule has 0 saturated heterocycles. The summed E-state index contributed by atoms with van der Waals surface area (Å²) in [5.41, 5.74) is 0. The minimum Gasteiger partial charge on any atom is -0.350 e. The van der Waals surface area contributed by atoms with Gasteiger partial charge in [0.1, 0.15) is 0 Å². The summed E-state index contributed by atoms with van der Waals surface area (Å²) in [7, 11) is 0. The molecule has 1 aliphatic heterocycles. The molecular formula is C7H11NO. The van der Waals surface area contributed by atoms with Crippen LogP contribution in [0.5, 0.6) is 0 Å². The van der Waals surface area contributed by atoms with Crippen LogP contribution >= 0.6 is 0 Å². The molecule has 9 heavy (non-hydrogen) atoms. The van der Waals surface area contributed by atoms with E-state index in [-0.39, 0.29) is 5.91 Å². The van der Waals surface area contributed by atoms with Gasteiger partial charge in [-0.05, 0) is 18.9 Å². The zero-order valence-corrected chi connectivity index (χ0v) is 5.72. The van der Waals surface area contributed by atoms with Crippen molar-refractivity contribution in [3.05, 3.63) is 12.2 Å². The van der Waals surface area contributed by atoms with Gasteiger partial charge in [-0.15, -0.1) is 0 Å². The van der Waals surface area contributed by atoms with E-state index in [9.17, 15) is 4.79 Å². The van der Waals surface area contributed by atoms with Gasteiger partial charge in [-0.3, -0.25) is 4.79 Å².